The van der Waals surface area contributed by atoms with E-state index in [1.807, 2.05) is 32.0 Å². The van der Waals surface area contributed by atoms with Crippen LogP contribution in [0.3, 0.4) is 0 Å². The third kappa shape index (κ3) is 5.69. The number of carbonyl (C=O) groups is 1. The summed E-state index contributed by atoms with van der Waals surface area (Å²) in [5, 5.41) is 6.47. The summed E-state index contributed by atoms with van der Waals surface area (Å²) in [6.07, 6.45) is 0.946. The summed E-state index contributed by atoms with van der Waals surface area (Å²) < 4.78 is 26.0. The van der Waals surface area contributed by atoms with Crippen molar-refractivity contribution in [3.05, 3.63) is 58.9 Å². The fraction of sp³-hybridized carbons (Fsp3) is 0.409. The second-order valence-corrected chi connectivity index (χ2v) is 7.64. The number of carbonyl (C=O) groups excluding carboxylic acids is 1. The summed E-state index contributed by atoms with van der Waals surface area (Å²) in [4.78, 5) is 12.1. The van der Waals surface area contributed by atoms with Crippen molar-refractivity contribution >= 4 is 17.5 Å². The van der Waals surface area contributed by atoms with Crippen molar-refractivity contribution in [2.24, 2.45) is 0 Å². The molecular weight excluding hydrogens is 395 g/mol. The third-order valence-electron chi connectivity index (χ3n) is 4.81. The van der Waals surface area contributed by atoms with Gasteiger partial charge in [0, 0.05) is 24.1 Å². The molecule has 0 aliphatic carbocycles. The molecule has 1 saturated heterocycles. The van der Waals surface area contributed by atoms with Crippen molar-refractivity contribution in [3.8, 4) is 11.5 Å². The van der Waals surface area contributed by atoms with E-state index < -0.39 is 5.82 Å². The van der Waals surface area contributed by atoms with E-state index in [-0.39, 0.29) is 34.8 Å². The number of ether oxygens (including phenoxy) is 2. The van der Waals surface area contributed by atoms with Gasteiger partial charge in [-0.05, 0) is 31.5 Å². The van der Waals surface area contributed by atoms with Gasteiger partial charge in [0.1, 0.15) is 5.75 Å². The lowest BCUT2D eigenvalue weighted by molar-refractivity contribution is -0.125. The van der Waals surface area contributed by atoms with Crippen LogP contribution in [-0.4, -0.2) is 31.2 Å². The van der Waals surface area contributed by atoms with Crippen molar-refractivity contribution in [1.82, 2.24) is 10.6 Å². The van der Waals surface area contributed by atoms with Crippen LogP contribution in [0, 0.1) is 5.82 Å². The molecule has 156 valence electrons. The number of amides is 1. The first-order chi connectivity index (χ1) is 14.0. The molecule has 0 saturated carbocycles. The molecule has 29 heavy (non-hydrogen) atoms. The number of benzene rings is 2. The Morgan fingerprint density at radius 3 is 2.62 bits per heavy atom. The van der Waals surface area contributed by atoms with Crippen molar-refractivity contribution in [3.63, 3.8) is 0 Å². The van der Waals surface area contributed by atoms with Crippen LogP contribution in [0.25, 0.3) is 0 Å². The highest BCUT2D eigenvalue weighted by Gasteiger charge is 2.24. The molecule has 1 aliphatic heterocycles. The monoisotopic (exact) mass is 420 g/mol. The van der Waals surface area contributed by atoms with Crippen LogP contribution in [0.2, 0.25) is 5.02 Å². The number of halogens is 2. The highest BCUT2D eigenvalue weighted by atomic mass is 35.5. The minimum atomic E-state index is -0.496. The molecular formula is C22H26ClFN2O3. The average Bonchev–Trinajstić information content (AvgIpc) is 2.67. The fourth-order valence-corrected chi connectivity index (χ4v) is 3.41. The maximum atomic E-state index is 15.3. The normalized spacial score (nSPS) is 16.0. The number of hydrogen-bond donors (Lipinski definition) is 2. The molecule has 7 heteroatoms. The standard InChI is InChI=1S/C22H26ClFN2O3/c1-3-19(25-14(2)11-20(27)26-15-12-28-13-15)17-9-10-18(23)22(21(17)24)29-16-7-5-4-6-8-16/h4-10,14-15,19,25H,3,11-13H2,1-2H3,(H,26,27)/t14-,19+/m0/s1. The minimum absolute atomic E-state index is 0.00555. The minimum Gasteiger partial charge on any atom is -0.453 e. The summed E-state index contributed by atoms with van der Waals surface area (Å²) in [5.41, 5.74) is 0.461. The Morgan fingerprint density at radius 1 is 1.28 bits per heavy atom. The summed E-state index contributed by atoms with van der Waals surface area (Å²) in [6, 6.07) is 11.9. The molecule has 2 aromatic rings. The molecule has 0 radical (unpaired) electrons. The van der Waals surface area contributed by atoms with Crippen LogP contribution >= 0.6 is 11.6 Å². The van der Waals surface area contributed by atoms with Crippen molar-refractivity contribution in [2.45, 2.75) is 44.8 Å². The van der Waals surface area contributed by atoms with Gasteiger partial charge in [0.05, 0.1) is 24.3 Å². The highest BCUT2D eigenvalue weighted by Crippen LogP contribution is 2.36. The highest BCUT2D eigenvalue weighted by molar-refractivity contribution is 6.32. The maximum Gasteiger partial charge on any atom is 0.221 e. The van der Waals surface area contributed by atoms with E-state index >= 15 is 4.39 Å². The molecule has 0 spiro atoms. The quantitative estimate of drug-likeness (QED) is 0.622. The Labute approximate surface area is 175 Å². The molecule has 1 heterocycles. The molecule has 0 aromatic heterocycles. The third-order valence-corrected chi connectivity index (χ3v) is 5.10. The lowest BCUT2D eigenvalue weighted by Gasteiger charge is -2.28. The van der Waals surface area contributed by atoms with Gasteiger partial charge >= 0.3 is 0 Å². The first kappa shape index (κ1) is 21.6. The number of hydrogen-bond acceptors (Lipinski definition) is 4. The molecule has 1 amide bonds. The largest absolute Gasteiger partial charge is 0.453 e. The Bertz CT molecular complexity index is 830. The molecule has 0 bridgehead atoms. The van der Waals surface area contributed by atoms with Gasteiger partial charge in [0.2, 0.25) is 5.91 Å². The Kier molecular flexibility index (Phi) is 7.47. The van der Waals surface area contributed by atoms with Gasteiger partial charge in [-0.1, -0.05) is 42.8 Å². The van der Waals surface area contributed by atoms with E-state index in [0.29, 0.717) is 37.4 Å². The number of nitrogens with one attached hydrogen (secondary N) is 2. The second-order valence-electron chi connectivity index (χ2n) is 7.23. The van der Waals surface area contributed by atoms with E-state index in [1.165, 1.54) is 0 Å². The van der Waals surface area contributed by atoms with E-state index in [2.05, 4.69) is 10.6 Å². The zero-order valence-corrected chi connectivity index (χ0v) is 17.3. The SMILES string of the molecule is CC[C@@H](N[C@@H](C)CC(=O)NC1COC1)c1ccc(Cl)c(Oc2ccccc2)c1F. The lowest BCUT2D eigenvalue weighted by Crippen LogP contribution is -2.49. The van der Waals surface area contributed by atoms with Crippen LogP contribution in [-0.2, 0) is 9.53 Å². The summed E-state index contributed by atoms with van der Waals surface area (Å²) in [7, 11) is 0. The van der Waals surface area contributed by atoms with Crippen LogP contribution in [0.15, 0.2) is 42.5 Å². The van der Waals surface area contributed by atoms with Crippen LogP contribution in [0.1, 0.15) is 38.3 Å². The summed E-state index contributed by atoms with van der Waals surface area (Å²) in [6.45, 7) is 4.99. The Hall–Kier alpha value is -2.15. The van der Waals surface area contributed by atoms with E-state index in [9.17, 15) is 4.79 Å². The summed E-state index contributed by atoms with van der Waals surface area (Å²) in [5.74, 6) is -0.0238. The molecule has 1 fully saturated rings. The lowest BCUT2D eigenvalue weighted by atomic mass is 10.0. The molecule has 2 atom stereocenters. The van der Waals surface area contributed by atoms with E-state index in [1.54, 1.807) is 24.3 Å². The maximum absolute atomic E-state index is 15.3. The van der Waals surface area contributed by atoms with Crippen molar-refractivity contribution in [1.29, 1.82) is 0 Å². The first-order valence-corrected chi connectivity index (χ1v) is 10.2. The predicted octanol–water partition coefficient (Wildman–Crippen LogP) is 4.61. The van der Waals surface area contributed by atoms with Crippen LogP contribution < -0.4 is 15.4 Å². The average molecular weight is 421 g/mol. The van der Waals surface area contributed by atoms with Gasteiger partial charge in [0.15, 0.2) is 11.6 Å². The van der Waals surface area contributed by atoms with Crippen LogP contribution in [0.5, 0.6) is 11.5 Å². The van der Waals surface area contributed by atoms with Crippen molar-refractivity contribution < 1.29 is 18.7 Å². The molecule has 3 rings (SSSR count). The van der Waals surface area contributed by atoms with Gasteiger partial charge in [-0.25, -0.2) is 4.39 Å². The molecule has 5 nitrogen and oxygen atoms in total. The molecule has 1 aliphatic rings. The first-order valence-electron chi connectivity index (χ1n) is 9.81. The van der Waals surface area contributed by atoms with Crippen molar-refractivity contribution in [2.75, 3.05) is 13.2 Å². The van der Waals surface area contributed by atoms with Gasteiger partial charge in [-0.2, -0.15) is 0 Å². The van der Waals surface area contributed by atoms with Gasteiger partial charge in [0.25, 0.3) is 0 Å². The molecule has 0 unspecified atom stereocenters. The smallest absolute Gasteiger partial charge is 0.221 e. The zero-order valence-electron chi connectivity index (χ0n) is 16.6. The second kappa shape index (κ2) is 10.1. The predicted molar refractivity (Wildman–Crippen MR) is 111 cm³/mol. The fourth-order valence-electron chi connectivity index (χ4n) is 3.23. The topological polar surface area (TPSA) is 59.6 Å². The van der Waals surface area contributed by atoms with Gasteiger partial charge in [-0.3, -0.25) is 4.79 Å². The number of para-hydroxylation sites is 1. The Balaban J connectivity index is 1.69. The summed E-state index contributed by atoms with van der Waals surface area (Å²) >= 11 is 6.19. The number of rotatable bonds is 9. The zero-order chi connectivity index (χ0) is 20.8. The van der Waals surface area contributed by atoms with Crippen LogP contribution in [0.4, 0.5) is 4.39 Å². The van der Waals surface area contributed by atoms with Gasteiger partial charge in [-0.15, -0.1) is 0 Å². The van der Waals surface area contributed by atoms with E-state index in [0.717, 1.165) is 0 Å². The van der Waals surface area contributed by atoms with Gasteiger partial charge < -0.3 is 20.1 Å². The van der Waals surface area contributed by atoms with E-state index in [4.69, 9.17) is 21.1 Å². The molecule has 2 N–H and O–H groups in total. The molecule has 2 aromatic carbocycles. The Morgan fingerprint density at radius 2 is 2.00 bits per heavy atom.